The zero-order valence-corrected chi connectivity index (χ0v) is 16.7. The molecule has 7 heteroatoms. The molecular weight excluding hydrogens is 389 g/mol. The summed E-state index contributed by atoms with van der Waals surface area (Å²) in [6, 6.07) is 12.7. The van der Waals surface area contributed by atoms with Crippen LogP contribution in [0.25, 0.3) is 22.2 Å². The van der Waals surface area contributed by atoms with Gasteiger partial charge in [0.25, 0.3) is 0 Å². The van der Waals surface area contributed by atoms with Crippen LogP contribution in [0.15, 0.2) is 52.7 Å². The van der Waals surface area contributed by atoms with Gasteiger partial charge in [-0.2, -0.15) is 5.10 Å². The molecule has 1 saturated carbocycles. The molecule has 0 amide bonds. The first-order valence-corrected chi connectivity index (χ1v) is 10.2. The van der Waals surface area contributed by atoms with Gasteiger partial charge in [0.05, 0.1) is 16.4 Å². The number of benzene rings is 2. The van der Waals surface area contributed by atoms with Crippen LogP contribution in [0.5, 0.6) is 0 Å². The molecule has 150 valence electrons. The second-order valence-corrected chi connectivity index (χ2v) is 7.80. The number of nitrogens with one attached hydrogen (secondary N) is 1. The molecule has 0 radical (unpaired) electrons. The van der Waals surface area contributed by atoms with Crippen molar-refractivity contribution in [3.8, 4) is 11.3 Å². The molecule has 0 spiro atoms. The highest BCUT2D eigenvalue weighted by atomic mass is 35.5. The summed E-state index contributed by atoms with van der Waals surface area (Å²) in [5.41, 5.74) is 15.5. The average Bonchev–Trinajstić information content (AvgIpc) is 3.10. The maximum atomic E-state index is 13.8. The maximum Gasteiger partial charge on any atom is 0.211 e. The first-order chi connectivity index (χ1) is 14.0. The number of aromatic amines is 1. The van der Waals surface area contributed by atoms with Gasteiger partial charge < -0.3 is 16.5 Å². The van der Waals surface area contributed by atoms with Gasteiger partial charge in [-0.1, -0.05) is 49.1 Å². The van der Waals surface area contributed by atoms with E-state index in [9.17, 15) is 4.39 Å². The van der Waals surface area contributed by atoms with Gasteiger partial charge in [-0.05, 0) is 37.1 Å². The lowest BCUT2D eigenvalue weighted by Crippen LogP contribution is -2.23. The topological polar surface area (TPSA) is 92.6 Å². The summed E-state index contributed by atoms with van der Waals surface area (Å²) in [6.45, 7) is 0. The lowest BCUT2D eigenvalue weighted by molar-refractivity contribution is 0.439. The Morgan fingerprint density at radius 3 is 2.52 bits per heavy atom. The number of nitrogens with two attached hydrogens (primary N) is 2. The quantitative estimate of drug-likeness (QED) is 0.313. The second-order valence-electron chi connectivity index (χ2n) is 7.39. The van der Waals surface area contributed by atoms with Gasteiger partial charge in [0, 0.05) is 27.9 Å². The van der Waals surface area contributed by atoms with Crippen molar-refractivity contribution in [1.82, 2.24) is 4.98 Å². The van der Waals surface area contributed by atoms with Crippen LogP contribution in [0, 0.1) is 11.7 Å². The van der Waals surface area contributed by atoms with Crippen molar-refractivity contribution in [2.75, 3.05) is 0 Å². The fourth-order valence-corrected chi connectivity index (χ4v) is 4.28. The van der Waals surface area contributed by atoms with Crippen molar-refractivity contribution < 1.29 is 4.39 Å². The number of hydrogen-bond donors (Lipinski definition) is 3. The van der Waals surface area contributed by atoms with Crippen LogP contribution >= 0.6 is 11.6 Å². The first-order valence-electron chi connectivity index (χ1n) is 9.77. The number of hydrogen-bond acceptors (Lipinski definition) is 2. The zero-order chi connectivity index (χ0) is 20.4. The monoisotopic (exact) mass is 411 g/mol. The van der Waals surface area contributed by atoms with E-state index in [-0.39, 0.29) is 16.9 Å². The molecule has 5 N–H and O–H groups in total. The van der Waals surface area contributed by atoms with E-state index in [2.05, 4.69) is 15.2 Å². The van der Waals surface area contributed by atoms with Crippen LogP contribution < -0.4 is 11.5 Å². The highest BCUT2D eigenvalue weighted by Crippen LogP contribution is 2.37. The molecule has 5 nitrogen and oxygen atoms in total. The number of H-pyrrole nitrogens is 1. The van der Waals surface area contributed by atoms with Crippen molar-refractivity contribution in [3.05, 3.63) is 58.9 Å². The summed E-state index contributed by atoms with van der Waals surface area (Å²) in [4.78, 5) is 3.46. The minimum absolute atomic E-state index is 0.0764. The molecule has 1 aliphatic carbocycles. The standard InChI is InChI=1S/C22H23ClFN5/c23-16-12-14(10-11-17(16)24)20-19(15-8-4-5-9-18(15)27-20)21(28-29-22(25)26)13-6-2-1-3-7-13/h4-5,8-13,27H,1-3,6-7H2,(H4,25,26,29)/b28-21-. The fraction of sp³-hybridized carbons (Fsp3) is 0.273. The minimum atomic E-state index is -0.449. The molecule has 0 atom stereocenters. The van der Waals surface area contributed by atoms with E-state index in [4.69, 9.17) is 23.1 Å². The molecule has 1 heterocycles. The normalized spacial score (nSPS) is 15.6. The molecule has 1 aliphatic rings. The van der Waals surface area contributed by atoms with Crippen molar-refractivity contribution >= 4 is 34.2 Å². The second kappa shape index (κ2) is 8.25. The number of halogens is 2. The van der Waals surface area contributed by atoms with Crippen LogP contribution in [0.1, 0.15) is 37.7 Å². The third-order valence-electron chi connectivity index (χ3n) is 5.44. The summed E-state index contributed by atoms with van der Waals surface area (Å²) < 4.78 is 13.8. The zero-order valence-electron chi connectivity index (χ0n) is 16.0. The molecule has 0 aliphatic heterocycles. The van der Waals surface area contributed by atoms with Gasteiger partial charge in [0.15, 0.2) is 0 Å². The molecule has 1 fully saturated rings. The third-order valence-corrected chi connectivity index (χ3v) is 5.73. The Bertz CT molecular complexity index is 1090. The van der Waals surface area contributed by atoms with Gasteiger partial charge in [0.2, 0.25) is 5.96 Å². The van der Waals surface area contributed by atoms with E-state index >= 15 is 0 Å². The van der Waals surface area contributed by atoms with E-state index in [0.29, 0.717) is 0 Å². The predicted octanol–water partition coefficient (Wildman–Crippen LogP) is 5.19. The number of rotatable bonds is 4. The van der Waals surface area contributed by atoms with Gasteiger partial charge in [0.1, 0.15) is 5.82 Å². The van der Waals surface area contributed by atoms with Crippen molar-refractivity contribution in [3.63, 3.8) is 0 Å². The average molecular weight is 412 g/mol. The maximum absolute atomic E-state index is 13.8. The van der Waals surface area contributed by atoms with E-state index in [1.54, 1.807) is 12.1 Å². The number of guanidine groups is 1. The Morgan fingerprint density at radius 1 is 1.03 bits per heavy atom. The summed E-state index contributed by atoms with van der Waals surface area (Å²) in [5, 5.41) is 9.59. The number of nitrogens with zero attached hydrogens (tertiary/aromatic N) is 2. The number of para-hydroxylation sites is 1. The van der Waals surface area contributed by atoms with Crippen LogP contribution in [0.3, 0.4) is 0 Å². The fourth-order valence-electron chi connectivity index (χ4n) is 4.10. The van der Waals surface area contributed by atoms with Crippen molar-refractivity contribution in [2.45, 2.75) is 32.1 Å². The molecule has 1 aromatic heterocycles. The Kier molecular flexibility index (Phi) is 5.53. The largest absolute Gasteiger partial charge is 0.369 e. The summed E-state index contributed by atoms with van der Waals surface area (Å²) in [7, 11) is 0. The molecule has 3 aromatic rings. The lowest BCUT2D eigenvalue weighted by atomic mass is 9.82. The first kappa shape index (κ1) is 19.5. The molecule has 2 aromatic carbocycles. The minimum Gasteiger partial charge on any atom is -0.369 e. The SMILES string of the molecule is NC(N)=N/N=C(\c1c(-c2ccc(F)c(Cl)c2)[nH]c2ccccc12)C1CCCCC1. The van der Waals surface area contributed by atoms with E-state index in [0.717, 1.165) is 59.1 Å². The van der Waals surface area contributed by atoms with E-state index < -0.39 is 5.82 Å². The summed E-state index contributed by atoms with van der Waals surface area (Å²) in [6.07, 6.45) is 5.57. The highest BCUT2D eigenvalue weighted by molar-refractivity contribution is 6.31. The van der Waals surface area contributed by atoms with Crippen molar-refractivity contribution in [2.24, 2.45) is 27.6 Å². The molecule has 0 saturated heterocycles. The van der Waals surface area contributed by atoms with Gasteiger partial charge in [-0.15, -0.1) is 5.10 Å². The van der Waals surface area contributed by atoms with Gasteiger partial charge >= 0.3 is 0 Å². The molecular formula is C22H23ClFN5. The van der Waals surface area contributed by atoms with Crippen LogP contribution in [0.2, 0.25) is 5.02 Å². The molecule has 0 unspecified atom stereocenters. The molecule has 0 bridgehead atoms. The Balaban J connectivity index is 1.97. The summed E-state index contributed by atoms with van der Waals surface area (Å²) >= 11 is 6.07. The van der Waals surface area contributed by atoms with Crippen molar-refractivity contribution in [1.29, 1.82) is 0 Å². The van der Waals surface area contributed by atoms with E-state index in [1.165, 1.54) is 12.5 Å². The van der Waals surface area contributed by atoms with Crippen LogP contribution in [0.4, 0.5) is 4.39 Å². The Labute approximate surface area is 173 Å². The number of fused-ring (bicyclic) bond motifs is 1. The number of aromatic nitrogens is 1. The molecule has 4 rings (SSSR count). The van der Waals surface area contributed by atoms with Crippen LogP contribution in [-0.4, -0.2) is 16.7 Å². The Morgan fingerprint density at radius 2 is 1.79 bits per heavy atom. The lowest BCUT2D eigenvalue weighted by Gasteiger charge is -2.23. The third kappa shape index (κ3) is 3.98. The highest BCUT2D eigenvalue weighted by Gasteiger charge is 2.26. The smallest absolute Gasteiger partial charge is 0.211 e. The predicted molar refractivity (Wildman–Crippen MR) is 118 cm³/mol. The van der Waals surface area contributed by atoms with Crippen LogP contribution in [-0.2, 0) is 0 Å². The van der Waals surface area contributed by atoms with Gasteiger partial charge in [-0.3, -0.25) is 0 Å². The van der Waals surface area contributed by atoms with E-state index in [1.807, 2.05) is 24.3 Å². The molecule has 29 heavy (non-hydrogen) atoms. The summed E-state index contributed by atoms with van der Waals surface area (Å²) in [5.74, 6) is -0.278. The van der Waals surface area contributed by atoms with Gasteiger partial charge in [-0.25, -0.2) is 4.39 Å². The Hall–Kier alpha value is -2.86.